The van der Waals surface area contributed by atoms with Crippen LogP contribution in [0.4, 0.5) is 10.1 Å². The SMILES string of the molecule is O=C1CC(C(=O)NC2CCCOC2)c2cc(F)ccc2N1. The molecule has 2 atom stereocenters. The van der Waals surface area contributed by atoms with Gasteiger partial charge in [-0.3, -0.25) is 9.59 Å². The van der Waals surface area contributed by atoms with Gasteiger partial charge in [0.2, 0.25) is 11.8 Å². The lowest BCUT2D eigenvalue weighted by Gasteiger charge is -2.28. The summed E-state index contributed by atoms with van der Waals surface area (Å²) in [7, 11) is 0. The first-order valence-electron chi connectivity index (χ1n) is 7.11. The third kappa shape index (κ3) is 3.05. The molecule has 1 aromatic carbocycles. The summed E-state index contributed by atoms with van der Waals surface area (Å²) in [4.78, 5) is 24.1. The first kappa shape index (κ1) is 14.0. The minimum absolute atomic E-state index is 0.0340. The van der Waals surface area contributed by atoms with Gasteiger partial charge in [0.25, 0.3) is 0 Å². The minimum atomic E-state index is -0.647. The van der Waals surface area contributed by atoms with Crippen molar-refractivity contribution >= 4 is 17.5 Å². The van der Waals surface area contributed by atoms with Crippen molar-refractivity contribution < 1.29 is 18.7 Å². The van der Waals surface area contributed by atoms with E-state index in [0.29, 0.717) is 24.5 Å². The van der Waals surface area contributed by atoms with E-state index >= 15 is 0 Å². The van der Waals surface area contributed by atoms with Crippen LogP contribution in [-0.2, 0) is 14.3 Å². The monoisotopic (exact) mass is 292 g/mol. The quantitative estimate of drug-likeness (QED) is 0.869. The van der Waals surface area contributed by atoms with Crippen molar-refractivity contribution in [3.8, 4) is 0 Å². The average molecular weight is 292 g/mol. The van der Waals surface area contributed by atoms with Crippen LogP contribution in [0.15, 0.2) is 18.2 Å². The number of fused-ring (bicyclic) bond motifs is 1. The molecular formula is C15H17FN2O3. The van der Waals surface area contributed by atoms with E-state index in [-0.39, 0.29) is 24.3 Å². The molecule has 1 aromatic rings. The largest absolute Gasteiger partial charge is 0.379 e. The molecule has 2 unspecified atom stereocenters. The molecule has 0 aromatic heterocycles. The fourth-order valence-electron chi connectivity index (χ4n) is 2.82. The van der Waals surface area contributed by atoms with Crippen LogP contribution in [0.3, 0.4) is 0 Å². The Morgan fingerprint density at radius 2 is 2.29 bits per heavy atom. The molecule has 2 N–H and O–H groups in total. The highest BCUT2D eigenvalue weighted by Gasteiger charge is 2.32. The molecule has 1 fully saturated rings. The van der Waals surface area contributed by atoms with Gasteiger partial charge in [-0.2, -0.15) is 0 Å². The Bertz CT molecular complexity index is 570. The Hall–Kier alpha value is -1.95. The third-order valence-corrected chi connectivity index (χ3v) is 3.88. The van der Waals surface area contributed by atoms with Gasteiger partial charge in [-0.05, 0) is 36.6 Å². The number of rotatable bonds is 2. The van der Waals surface area contributed by atoms with Crippen LogP contribution >= 0.6 is 0 Å². The summed E-state index contributed by atoms with van der Waals surface area (Å²) in [5.74, 6) is -1.53. The molecule has 0 radical (unpaired) electrons. The smallest absolute Gasteiger partial charge is 0.228 e. The summed E-state index contributed by atoms with van der Waals surface area (Å²) < 4.78 is 18.7. The summed E-state index contributed by atoms with van der Waals surface area (Å²) >= 11 is 0. The molecule has 1 saturated heterocycles. The zero-order chi connectivity index (χ0) is 14.8. The number of anilines is 1. The average Bonchev–Trinajstić information content (AvgIpc) is 2.48. The maximum Gasteiger partial charge on any atom is 0.228 e. The number of hydrogen-bond acceptors (Lipinski definition) is 3. The number of carbonyl (C=O) groups is 2. The number of halogens is 1. The molecule has 0 saturated carbocycles. The molecule has 6 heteroatoms. The Balaban J connectivity index is 1.79. The third-order valence-electron chi connectivity index (χ3n) is 3.88. The van der Waals surface area contributed by atoms with Gasteiger partial charge in [-0.1, -0.05) is 0 Å². The highest BCUT2D eigenvalue weighted by molar-refractivity contribution is 6.01. The molecule has 0 aliphatic carbocycles. The van der Waals surface area contributed by atoms with Crippen molar-refractivity contribution in [3.63, 3.8) is 0 Å². The number of nitrogens with one attached hydrogen (secondary N) is 2. The van der Waals surface area contributed by atoms with Gasteiger partial charge in [0.15, 0.2) is 0 Å². The van der Waals surface area contributed by atoms with E-state index in [2.05, 4.69) is 10.6 Å². The molecule has 2 heterocycles. The zero-order valence-corrected chi connectivity index (χ0v) is 11.5. The number of hydrogen-bond donors (Lipinski definition) is 2. The number of benzene rings is 1. The Morgan fingerprint density at radius 3 is 3.05 bits per heavy atom. The van der Waals surface area contributed by atoms with Crippen molar-refractivity contribution in [3.05, 3.63) is 29.6 Å². The topological polar surface area (TPSA) is 67.4 Å². The van der Waals surface area contributed by atoms with Gasteiger partial charge in [0.1, 0.15) is 5.82 Å². The first-order chi connectivity index (χ1) is 10.1. The van der Waals surface area contributed by atoms with E-state index in [4.69, 9.17) is 4.74 Å². The number of amides is 2. The number of ether oxygens (including phenoxy) is 1. The second-order valence-corrected chi connectivity index (χ2v) is 5.46. The highest BCUT2D eigenvalue weighted by atomic mass is 19.1. The molecule has 21 heavy (non-hydrogen) atoms. The predicted octanol–water partition coefficient (Wildman–Crippen LogP) is 1.55. The second kappa shape index (κ2) is 5.81. The van der Waals surface area contributed by atoms with E-state index in [1.807, 2.05) is 0 Å². The Kier molecular flexibility index (Phi) is 3.88. The highest BCUT2D eigenvalue weighted by Crippen LogP contribution is 2.33. The summed E-state index contributed by atoms with van der Waals surface area (Å²) in [6.45, 7) is 1.20. The van der Waals surface area contributed by atoms with Crippen LogP contribution in [0.1, 0.15) is 30.7 Å². The molecule has 0 bridgehead atoms. The van der Waals surface area contributed by atoms with E-state index in [1.54, 1.807) is 0 Å². The van der Waals surface area contributed by atoms with Gasteiger partial charge in [0.05, 0.1) is 18.6 Å². The fraction of sp³-hybridized carbons (Fsp3) is 0.467. The van der Waals surface area contributed by atoms with Gasteiger partial charge in [0, 0.05) is 18.7 Å². The van der Waals surface area contributed by atoms with Crippen molar-refractivity contribution in [1.29, 1.82) is 0 Å². The van der Waals surface area contributed by atoms with E-state index in [0.717, 1.165) is 12.8 Å². The summed E-state index contributed by atoms with van der Waals surface area (Å²) in [6, 6.07) is 4.05. The zero-order valence-electron chi connectivity index (χ0n) is 11.5. The second-order valence-electron chi connectivity index (χ2n) is 5.46. The lowest BCUT2D eigenvalue weighted by molar-refractivity contribution is -0.127. The molecule has 2 aliphatic heterocycles. The van der Waals surface area contributed by atoms with Gasteiger partial charge >= 0.3 is 0 Å². The van der Waals surface area contributed by atoms with Crippen LogP contribution in [0.5, 0.6) is 0 Å². The predicted molar refractivity (Wildman–Crippen MR) is 74.4 cm³/mol. The molecule has 2 aliphatic rings. The van der Waals surface area contributed by atoms with E-state index in [1.165, 1.54) is 18.2 Å². The lowest BCUT2D eigenvalue weighted by Crippen LogP contribution is -2.44. The molecular weight excluding hydrogens is 275 g/mol. The van der Waals surface area contributed by atoms with Crippen molar-refractivity contribution in [2.45, 2.75) is 31.2 Å². The molecule has 112 valence electrons. The van der Waals surface area contributed by atoms with Crippen LogP contribution in [0.25, 0.3) is 0 Å². The molecule has 3 rings (SSSR count). The van der Waals surface area contributed by atoms with Crippen LogP contribution in [0.2, 0.25) is 0 Å². The Morgan fingerprint density at radius 1 is 1.43 bits per heavy atom. The van der Waals surface area contributed by atoms with Gasteiger partial charge < -0.3 is 15.4 Å². The van der Waals surface area contributed by atoms with Crippen molar-refractivity contribution in [1.82, 2.24) is 5.32 Å². The maximum absolute atomic E-state index is 13.4. The maximum atomic E-state index is 13.4. The summed E-state index contributed by atoms with van der Waals surface area (Å²) in [6.07, 6.45) is 1.80. The molecule has 0 spiro atoms. The lowest BCUT2D eigenvalue weighted by atomic mass is 9.89. The number of carbonyl (C=O) groups excluding carboxylic acids is 2. The van der Waals surface area contributed by atoms with Crippen LogP contribution < -0.4 is 10.6 Å². The van der Waals surface area contributed by atoms with Crippen molar-refractivity contribution in [2.24, 2.45) is 0 Å². The molecule has 2 amide bonds. The standard InChI is InChI=1S/C15H17FN2O3/c16-9-3-4-13-11(6-9)12(7-14(19)18-13)15(20)17-10-2-1-5-21-8-10/h3-4,6,10,12H,1-2,5,7-8H2,(H,17,20)(H,18,19). The Labute approximate surface area is 121 Å². The first-order valence-corrected chi connectivity index (χ1v) is 7.11. The summed E-state index contributed by atoms with van der Waals surface area (Å²) in [5, 5.41) is 5.57. The van der Waals surface area contributed by atoms with Crippen LogP contribution in [0, 0.1) is 5.82 Å². The van der Waals surface area contributed by atoms with E-state index < -0.39 is 11.7 Å². The van der Waals surface area contributed by atoms with Gasteiger partial charge in [-0.25, -0.2) is 4.39 Å². The minimum Gasteiger partial charge on any atom is -0.379 e. The fourth-order valence-corrected chi connectivity index (χ4v) is 2.82. The molecule has 5 nitrogen and oxygen atoms in total. The normalized spacial score (nSPS) is 24.9. The summed E-state index contributed by atoms with van der Waals surface area (Å²) in [5.41, 5.74) is 1.04. The van der Waals surface area contributed by atoms with Crippen LogP contribution in [-0.4, -0.2) is 31.1 Å². The van der Waals surface area contributed by atoms with Crippen molar-refractivity contribution in [2.75, 3.05) is 18.5 Å². The van der Waals surface area contributed by atoms with Gasteiger partial charge in [-0.15, -0.1) is 0 Å². The van der Waals surface area contributed by atoms with E-state index in [9.17, 15) is 14.0 Å².